The fraction of sp³-hybridized carbons (Fsp3) is 0.455. The predicted molar refractivity (Wildman–Crippen MR) is 59.3 cm³/mol. The van der Waals surface area contributed by atoms with Crippen molar-refractivity contribution in [3.63, 3.8) is 0 Å². The smallest absolute Gasteiger partial charge is 0.230 e. The van der Waals surface area contributed by atoms with Crippen LogP contribution in [0.25, 0.3) is 0 Å². The minimum Gasteiger partial charge on any atom is -0.354 e. The molecule has 0 aliphatic carbocycles. The van der Waals surface area contributed by atoms with Crippen molar-refractivity contribution >= 4 is 5.91 Å². The number of aromatic nitrogens is 1. The highest BCUT2D eigenvalue weighted by molar-refractivity contribution is 5.87. The number of carbonyl (C=O) groups excluding carboxylic acids is 1. The third kappa shape index (κ3) is 2.76. The van der Waals surface area contributed by atoms with Crippen LogP contribution in [0.4, 0.5) is 0 Å². The van der Waals surface area contributed by atoms with Gasteiger partial charge in [0.2, 0.25) is 5.91 Å². The molecule has 15 heavy (non-hydrogen) atoms. The Labute approximate surface area is 89.9 Å². The Kier molecular flexibility index (Phi) is 3.80. The van der Waals surface area contributed by atoms with Crippen LogP contribution < -0.4 is 11.1 Å². The van der Waals surface area contributed by atoms with E-state index in [0.29, 0.717) is 13.1 Å². The third-order valence-electron chi connectivity index (χ3n) is 2.38. The van der Waals surface area contributed by atoms with E-state index in [4.69, 9.17) is 5.73 Å². The zero-order chi connectivity index (χ0) is 11.3. The highest BCUT2D eigenvalue weighted by Gasteiger charge is 2.29. The van der Waals surface area contributed by atoms with Gasteiger partial charge in [0, 0.05) is 25.5 Å². The molecule has 0 saturated heterocycles. The van der Waals surface area contributed by atoms with Crippen molar-refractivity contribution in [2.75, 3.05) is 13.1 Å². The number of hydrogen-bond donors (Lipinski definition) is 2. The Morgan fingerprint density at radius 1 is 1.60 bits per heavy atom. The van der Waals surface area contributed by atoms with E-state index in [1.807, 2.05) is 26.0 Å². The molecular formula is C11H17N3O. The molecule has 1 heterocycles. The van der Waals surface area contributed by atoms with Crippen LogP contribution in [0.2, 0.25) is 0 Å². The van der Waals surface area contributed by atoms with Crippen LogP contribution in [-0.4, -0.2) is 24.0 Å². The molecule has 1 aromatic rings. The maximum absolute atomic E-state index is 11.8. The van der Waals surface area contributed by atoms with Crippen molar-refractivity contribution in [3.8, 4) is 0 Å². The summed E-state index contributed by atoms with van der Waals surface area (Å²) < 4.78 is 0. The molecule has 0 atom stereocenters. The summed E-state index contributed by atoms with van der Waals surface area (Å²) in [5.74, 6) is -0.0269. The second-order valence-electron chi connectivity index (χ2n) is 3.91. The van der Waals surface area contributed by atoms with Crippen molar-refractivity contribution in [2.24, 2.45) is 5.73 Å². The molecule has 0 aliphatic rings. The Balaban J connectivity index is 2.78. The summed E-state index contributed by atoms with van der Waals surface area (Å²) in [4.78, 5) is 15.8. The predicted octanol–water partition coefficient (Wildman–Crippen LogP) is 0.434. The van der Waals surface area contributed by atoms with Gasteiger partial charge in [0.15, 0.2) is 0 Å². The van der Waals surface area contributed by atoms with Crippen LogP contribution in [0.15, 0.2) is 24.5 Å². The van der Waals surface area contributed by atoms with Gasteiger partial charge < -0.3 is 11.1 Å². The summed E-state index contributed by atoms with van der Waals surface area (Å²) in [5, 5.41) is 2.78. The van der Waals surface area contributed by atoms with Crippen LogP contribution in [0.1, 0.15) is 19.4 Å². The van der Waals surface area contributed by atoms with Crippen LogP contribution in [0.3, 0.4) is 0 Å². The maximum Gasteiger partial charge on any atom is 0.230 e. The minimum absolute atomic E-state index is 0.0269. The average Bonchev–Trinajstić information content (AvgIpc) is 2.27. The first-order chi connectivity index (χ1) is 7.09. The first kappa shape index (κ1) is 11.7. The molecular weight excluding hydrogens is 190 g/mol. The molecule has 1 aromatic heterocycles. The molecule has 0 bridgehead atoms. The lowest BCUT2D eigenvalue weighted by molar-refractivity contribution is -0.125. The molecule has 4 nitrogen and oxygen atoms in total. The number of nitrogens with two attached hydrogens (primary N) is 1. The highest BCUT2D eigenvalue weighted by atomic mass is 16.2. The Bertz CT molecular complexity index is 322. The van der Waals surface area contributed by atoms with Gasteiger partial charge in [-0.15, -0.1) is 0 Å². The number of nitrogens with one attached hydrogen (secondary N) is 1. The summed E-state index contributed by atoms with van der Waals surface area (Å²) in [6.45, 7) is 4.70. The summed E-state index contributed by atoms with van der Waals surface area (Å²) >= 11 is 0. The molecule has 0 aliphatic heterocycles. The summed E-state index contributed by atoms with van der Waals surface area (Å²) in [7, 11) is 0. The van der Waals surface area contributed by atoms with Crippen molar-refractivity contribution in [2.45, 2.75) is 19.3 Å². The molecule has 0 fully saturated rings. The molecule has 82 valence electrons. The molecule has 0 unspecified atom stereocenters. The van der Waals surface area contributed by atoms with Gasteiger partial charge >= 0.3 is 0 Å². The van der Waals surface area contributed by atoms with E-state index in [1.54, 1.807) is 12.4 Å². The van der Waals surface area contributed by atoms with Crippen molar-refractivity contribution < 1.29 is 4.79 Å². The van der Waals surface area contributed by atoms with E-state index in [0.717, 1.165) is 5.56 Å². The Morgan fingerprint density at radius 2 is 2.33 bits per heavy atom. The Morgan fingerprint density at radius 3 is 2.87 bits per heavy atom. The van der Waals surface area contributed by atoms with Gasteiger partial charge in [0.05, 0.1) is 5.41 Å². The highest BCUT2D eigenvalue weighted by Crippen LogP contribution is 2.21. The zero-order valence-electron chi connectivity index (χ0n) is 9.16. The van der Waals surface area contributed by atoms with Gasteiger partial charge in [-0.25, -0.2) is 0 Å². The standard InChI is InChI=1S/C11H17N3O/c1-11(2,10(15)14-7-5-12)9-4-3-6-13-8-9/h3-4,6,8H,5,7,12H2,1-2H3,(H,14,15). The first-order valence-corrected chi connectivity index (χ1v) is 4.98. The van der Waals surface area contributed by atoms with Gasteiger partial charge in [-0.3, -0.25) is 9.78 Å². The summed E-state index contributed by atoms with van der Waals surface area (Å²) in [6, 6.07) is 3.72. The van der Waals surface area contributed by atoms with Crippen molar-refractivity contribution in [1.29, 1.82) is 0 Å². The van der Waals surface area contributed by atoms with E-state index >= 15 is 0 Å². The topological polar surface area (TPSA) is 68.0 Å². The molecule has 4 heteroatoms. The van der Waals surface area contributed by atoms with E-state index in [9.17, 15) is 4.79 Å². The third-order valence-corrected chi connectivity index (χ3v) is 2.38. The quantitative estimate of drug-likeness (QED) is 0.752. The number of pyridine rings is 1. The minimum atomic E-state index is -0.566. The van der Waals surface area contributed by atoms with Gasteiger partial charge in [0.1, 0.15) is 0 Å². The van der Waals surface area contributed by atoms with Crippen LogP contribution in [0.5, 0.6) is 0 Å². The van der Waals surface area contributed by atoms with E-state index in [2.05, 4.69) is 10.3 Å². The summed E-state index contributed by atoms with van der Waals surface area (Å²) in [5.41, 5.74) is 5.67. The molecule has 0 spiro atoms. The summed E-state index contributed by atoms with van der Waals surface area (Å²) in [6.07, 6.45) is 3.40. The van der Waals surface area contributed by atoms with Crippen LogP contribution >= 0.6 is 0 Å². The molecule has 1 amide bonds. The number of rotatable bonds is 4. The van der Waals surface area contributed by atoms with E-state index in [1.165, 1.54) is 0 Å². The zero-order valence-corrected chi connectivity index (χ0v) is 9.16. The average molecular weight is 207 g/mol. The number of carbonyl (C=O) groups is 1. The second kappa shape index (κ2) is 4.89. The monoisotopic (exact) mass is 207 g/mol. The van der Waals surface area contributed by atoms with Crippen molar-refractivity contribution in [1.82, 2.24) is 10.3 Å². The van der Waals surface area contributed by atoms with Gasteiger partial charge in [-0.05, 0) is 25.5 Å². The molecule has 0 saturated carbocycles. The Hall–Kier alpha value is -1.42. The lowest BCUT2D eigenvalue weighted by Crippen LogP contribution is -2.42. The van der Waals surface area contributed by atoms with E-state index < -0.39 is 5.41 Å². The number of hydrogen-bond acceptors (Lipinski definition) is 3. The fourth-order valence-corrected chi connectivity index (χ4v) is 1.27. The fourth-order valence-electron chi connectivity index (χ4n) is 1.27. The maximum atomic E-state index is 11.8. The van der Waals surface area contributed by atoms with Crippen LogP contribution in [-0.2, 0) is 10.2 Å². The van der Waals surface area contributed by atoms with Gasteiger partial charge in [-0.2, -0.15) is 0 Å². The molecule has 3 N–H and O–H groups in total. The lowest BCUT2D eigenvalue weighted by atomic mass is 9.85. The molecule has 1 rings (SSSR count). The number of nitrogens with zero attached hydrogens (tertiary/aromatic N) is 1. The normalized spacial score (nSPS) is 11.1. The SMILES string of the molecule is CC(C)(C(=O)NCCN)c1cccnc1. The van der Waals surface area contributed by atoms with Crippen LogP contribution in [0, 0.1) is 0 Å². The van der Waals surface area contributed by atoms with Crippen molar-refractivity contribution in [3.05, 3.63) is 30.1 Å². The van der Waals surface area contributed by atoms with Gasteiger partial charge in [0.25, 0.3) is 0 Å². The van der Waals surface area contributed by atoms with Gasteiger partial charge in [-0.1, -0.05) is 6.07 Å². The van der Waals surface area contributed by atoms with E-state index in [-0.39, 0.29) is 5.91 Å². The second-order valence-corrected chi connectivity index (χ2v) is 3.91. The molecule has 0 aromatic carbocycles. The lowest BCUT2D eigenvalue weighted by Gasteiger charge is -2.23. The largest absolute Gasteiger partial charge is 0.354 e. The first-order valence-electron chi connectivity index (χ1n) is 4.98. The number of amides is 1. The molecule has 0 radical (unpaired) electrons.